The molecule has 9 nitrogen and oxygen atoms in total. The lowest BCUT2D eigenvalue weighted by atomic mass is 10.1. The van der Waals surface area contributed by atoms with Gasteiger partial charge in [0.25, 0.3) is 0 Å². The van der Waals surface area contributed by atoms with Crippen LogP contribution in [0.15, 0.2) is 24.5 Å². The molecule has 0 atom stereocenters. The fourth-order valence-corrected chi connectivity index (χ4v) is 2.46. The number of carbonyl (C=O) groups is 1. The van der Waals surface area contributed by atoms with E-state index in [1.165, 1.54) is 18.5 Å². The minimum Gasteiger partial charge on any atom is -0.476 e. The van der Waals surface area contributed by atoms with Crippen LogP contribution in [0, 0.1) is 6.92 Å². The van der Waals surface area contributed by atoms with Crippen molar-refractivity contribution >= 4 is 5.97 Å². The van der Waals surface area contributed by atoms with E-state index in [1.807, 2.05) is 6.92 Å². The van der Waals surface area contributed by atoms with Crippen molar-refractivity contribution in [2.45, 2.75) is 33.3 Å². The Labute approximate surface area is 156 Å². The summed E-state index contributed by atoms with van der Waals surface area (Å²) in [6, 6.07) is 1.54. The minimum atomic E-state index is -4.70. The lowest BCUT2D eigenvalue weighted by Crippen LogP contribution is -2.13. The van der Waals surface area contributed by atoms with Gasteiger partial charge in [0.1, 0.15) is 0 Å². The number of alkyl halides is 3. The molecule has 3 aromatic rings. The topological polar surface area (TPSA) is 108 Å². The Balaban J connectivity index is 1.93. The molecule has 0 unspecified atom stereocenters. The molecule has 0 amide bonds. The number of aromatic carboxylic acids is 1. The fraction of sp³-hybridized carbons (Fsp3) is 0.312. The van der Waals surface area contributed by atoms with Crippen LogP contribution in [-0.4, -0.2) is 40.6 Å². The van der Waals surface area contributed by atoms with E-state index in [0.717, 1.165) is 10.7 Å². The lowest BCUT2D eigenvalue weighted by Gasteiger charge is -2.11. The Bertz CT molecular complexity index is 1010. The largest absolute Gasteiger partial charge is 0.476 e. The van der Waals surface area contributed by atoms with Crippen LogP contribution in [0.4, 0.5) is 13.2 Å². The quantitative estimate of drug-likeness (QED) is 0.682. The molecule has 0 saturated heterocycles. The summed E-state index contributed by atoms with van der Waals surface area (Å²) in [6.45, 7) is 3.77. The number of hydrogen-bond donors (Lipinski definition) is 1. The summed E-state index contributed by atoms with van der Waals surface area (Å²) in [6.07, 6.45) is -1.96. The highest BCUT2D eigenvalue weighted by Gasteiger charge is 2.34. The van der Waals surface area contributed by atoms with Gasteiger partial charge in [0, 0.05) is 24.0 Å². The van der Waals surface area contributed by atoms with Crippen LogP contribution in [0.3, 0.4) is 0 Å². The van der Waals surface area contributed by atoms with Gasteiger partial charge < -0.3 is 9.84 Å². The van der Waals surface area contributed by atoms with Crippen LogP contribution in [0.5, 0.6) is 6.01 Å². The van der Waals surface area contributed by atoms with Gasteiger partial charge in [-0.3, -0.25) is 4.68 Å². The third-order valence-electron chi connectivity index (χ3n) is 3.86. The highest BCUT2D eigenvalue weighted by molar-refractivity contribution is 5.85. The first kappa shape index (κ1) is 19.3. The summed E-state index contributed by atoms with van der Waals surface area (Å²) >= 11 is 0. The van der Waals surface area contributed by atoms with E-state index >= 15 is 0 Å². The average Bonchev–Trinajstić information content (AvgIpc) is 3.25. The van der Waals surface area contributed by atoms with Crippen molar-refractivity contribution in [1.29, 1.82) is 0 Å². The Morgan fingerprint density at radius 3 is 2.64 bits per heavy atom. The predicted molar refractivity (Wildman–Crippen MR) is 88.5 cm³/mol. The summed E-state index contributed by atoms with van der Waals surface area (Å²) in [5.41, 5.74) is -0.300. The van der Waals surface area contributed by atoms with E-state index in [4.69, 9.17) is 9.84 Å². The van der Waals surface area contributed by atoms with E-state index in [0.29, 0.717) is 17.8 Å². The van der Waals surface area contributed by atoms with Crippen molar-refractivity contribution in [3.05, 3.63) is 41.6 Å². The monoisotopic (exact) mass is 396 g/mol. The first-order valence-corrected chi connectivity index (χ1v) is 8.07. The van der Waals surface area contributed by atoms with Gasteiger partial charge in [-0.2, -0.15) is 33.3 Å². The molecule has 0 spiro atoms. The van der Waals surface area contributed by atoms with Crippen LogP contribution in [0.1, 0.15) is 28.8 Å². The van der Waals surface area contributed by atoms with E-state index in [9.17, 15) is 18.0 Å². The first-order chi connectivity index (χ1) is 13.2. The van der Waals surface area contributed by atoms with Crippen LogP contribution in [0.2, 0.25) is 0 Å². The number of nitrogens with zero attached hydrogens (tertiary/aromatic N) is 6. The zero-order valence-corrected chi connectivity index (χ0v) is 14.8. The lowest BCUT2D eigenvalue weighted by molar-refractivity contribution is -0.141. The van der Waals surface area contributed by atoms with Crippen molar-refractivity contribution < 1.29 is 27.8 Å². The Hall–Kier alpha value is -3.44. The molecule has 0 aromatic carbocycles. The number of halogens is 3. The van der Waals surface area contributed by atoms with Crippen molar-refractivity contribution in [3.63, 3.8) is 0 Å². The fourth-order valence-electron chi connectivity index (χ4n) is 2.46. The molecule has 3 aromatic heterocycles. The second-order valence-electron chi connectivity index (χ2n) is 5.70. The number of ether oxygens (including phenoxy) is 1. The number of hydrogen-bond acceptors (Lipinski definition) is 6. The number of carboxylic acids is 1. The van der Waals surface area contributed by atoms with E-state index < -0.39 is 23.8 Å². The molecule has 3 heterocycles. The highest BCUT2D eigenvalue weighted by Crippen LogP contribution is 2.32. The molecule has 0 bridgehead atoms. The molecule has 0 fully saturated rings. The van der Waals surface area contributed by atoms with Crippen molar-refractivity contribution in [2.24, 2.45) is 0 Å². The molecule has 1 N–H and O–H groups in total. The van der Waals surface area contributed by atoms with Gasteiger partial charge in [0.05, 0.1) is 11.9 Å². The van der Waals surface area contributed by atoms with Crippen LogP contribution >= 0.6 is 0 Å². The molecule has 28 heavy (non-hydrogen) atoms. The number of aromatic nitrogens is 6. The summed E-state index contributed by atoms with van der Waals surface area (Å²) < 4.78 is 47.7. The molecule has 0 aliphatic carbocycles. The standard InChI is InChI=1S/C16H15F3N6O3/c1-3-25-9(2)10(7-20-25)12-6-13(16(17,18)19)22-15(21-12)28-8-24-5-4-11(23-24)14(26)27/h4-7H,3,8H2,1-2H3,(H,26,27). The Kier molecular flexibility index (Phi) is 5.03. The van der Waals surface area contributed by atoms with Crippen LogP contribution in [-0.2, 0) is 19.5 Å². The van der Waals surface area contributed by atoms with Crippen molar-refractivity contribution in [3.8, 4) is 17.3 Å². The first-order valence-electron chi connectivity index (χ1n) is 8.07. The van der Waals surface area contributed by atoms with Gasteiger partial charge in [0.15, 0.2) is 18.1 Å². The summed E-state index contributed by atoms with van der Waals surface area (Å²) in [5.74, 6) is -1.24. The van der Waals surface area contributed by atoms with Gasteiger partial charge in [-0.05, 0) is 26.0 Å². The van der Waals surface area contributed by atoms with E-state index in [-0.39, 0.29) is 18.1 Å². The second kappa shape index (κ2) is 7.29. The van der Waals surface area contributed by atoms with Crippen molar-refractivity contribution in [1.82, 2.24) is 29.5 Å². The van der Waals surface area contributed by atoms with Gasteiger partial charge >= 0.3 is 18.2 Å². The maximum atomic E-state index is 13.2. The Morgan fingerprint density at radius 1 is 1.32 bits per heavy atom. The summed E-state index contributed by atoms with van der Waals surface area (Å²) in [5, 5.41) is 16.7. The summed E-state index contributed by atoms with van der Waals surface area (Å²) in [7, 11) is 0. The number of carboxylic acid groups (broad SMARTS) is 1. The zero-order valence-electron chi connectivity index (χ0n) is 14.8. The molecule has 12 heteroatoms. The molecule has 0 aliphatic heterocycles. The second-order valence-corrected chi connectivity index (χ2v) is 5.70. The maximum absolute atomic E-state index is 13.2. The minimum absolute atomic E-state index is 0.0150. The molecule has 3 rings (SSSR count). The molecular weight excluding hydrogens is 381 g/mol. The van der Waals surface area contributed by atoms with Gasteiger partial charge in [-0.1, -0.05) is 0 Å². The molecule has 0 saturated carbocycles. The summed E-state index contributed by atoms with van der Waals surface area (Å²) in [4.78, 5) is 18.3. The third-order valence-corrected chi connectivity index (χ3v) is 3.86. The third kappa shape index (κ3) is 3.94. The smallest absolute Gasteiger partial charge is 0.433 e. The highest BCUT2D eigenvalue weighted by atomic mass is 19.4. The maximum Gasteiger partial charge on any atom is 0.433 e. The molecule has 148 valence electrons. The van der Waals surface area contributed by atoms with E-state index in [1.54, 1.807) is 11.6 Å². The molecule has 0 aliphatic rings. The van der Waals surface area contributed by atoms with E-state index in [2.05, 4.69) is 20.2 Å². The SMILES string of the molecule is CCn1ncc(-c2cc(C(F)(F)F)nc(OCn3ccc(C(=O)O)n3)n2)c1C. The number of aryl methyl sites for hydroxylation is 1. The van der Waals surface area contributed by atoms with Gasteiger partial charge in [-0.15, -0.1) is 0 Å². The van der Waals surface area contributed by atoms with Gasteiger partial charge in [0.2, 0.25) is 0 Å². The molecular formula is C16H15F3N6O3. The van der Waals surface area contributed by atoms with Crippen LogP contribution < -0.4 is 4.74 Å². The Morgan fingerprint density at radius 2 is 2.07 bits per heavy atom. The normalized spacial score (nSPS) is 11.6. The molecule has 0 radical (unpaired) electrons. The zero-order chi connectivity index (χ0) is 20.5. The predicted octanol–water partition coefficient (Wildman–Crippen LogP) is 2.62. The average molecular weight is 396 g/mol. The van der Waals surface area contributed by atoms with Crippen LogP contribution in [0.25, 0.3) is 11.3 Å². The van der Waals surface area contributed by atoms with Gasteiger partial charge in [-0.25, -0.2) is 9.48 Å². The number of rotatable bonds is 6. The van der Waals surface area contributed by atoms with Crippen molar-refractivity contribution in [2.75, 3.05) is 0 Å².